The summed E-state index contributed by atoms with van der Waals surface area (Å²) < 4.78 is 13.9. The van der Waals surface area contributed by atoms with Gasteiger partial charge in [0.25, 0.3) is 0 Å². The Bertz CT molecular complexity index is 794. The van der Waals surface area contributed by atoms with Gasteiger partial charge in [-0.3, -0.25) is 9.69 Å². The number of piperazine rings is 1. The first-order valence-corrected chi connectivity index (χ1v) is 9.21. The lowest BCUT2D eigenvalue weighted by Gasteiger charge is -2.38. The minimum absolute atomic E-state index is 0.131. The average molecular weight is 396 g/mol. The number of anilines is 2. The van der Waals surface area contributed by atoms with Gasteiger partial charge in [-0.1, -0.05) is 35.3 Å². The molecule has 1 saturated heterocycles. The smallest absolute Gasteiger partial charge is 0.241 e. The van der Waals surface area contributed by atoms with Crippen LogP contribution in [0.25, 0.3) is 0 Å². The molecule has 0 unspecified atom stereocenters. The van der Waals surface area contributed by atoms with Crippen molar-refractivity contribution in [3.63, 3.8) is 0 Å². The van der Waals surface area contributed by atoms with E-state index in [0.717, 1.165) is 0 Å². The van der Waals surface area contributed by atoms with Crippen LogP contribution in [0.15, 0.2) is 42.5 Å². The molecular formula is C19H20Cl2FN3O. The Morgan fingerprint density at radius 3 is 2.46 bits per heavy atom. The highest BCUT2D eigenvalue weighted by Crippen LogP contribution is 2.26. The molecule has 2 aromatic carbocycles. The zero-order valence-electron chi connectivity index (χ0n) is 14.4. The van der Waals surface area contributed by atoms with Gasteiger partial charge in [0.1, 0.15) is 5.82 Å². The molecule has 0 bridgehead atoms. The minimum atomic E-state index is -0.315. The second-order valence-electron chi connectivity index (χ2n) is 6.26. The number of hydrogen-bond donors (Lipinski definition) is 1. The fourth-order valence-electron chi connectivity index (χ4n) is 3.05. The highest BCUT2D eigenvalue weighted by atomic mass is 35.5. The monoisotopic (exact) mass is 395 g/mol. The van der Waals surface area contributed by atoms with Gasteiger partial charge in [0.15, 0.2) is 0 Å². The minimum Gasteiger partial charge on any atom is -0.367 e. The summed E-state index contributed by atoms with van der Waals surface area (Å²) in [6.07, 6.45) is 0. The number of carbonyl (C=O) groups is 1. The Morgan fingerprint density at radius 2 is 1.81 bits per heavy atom. The fraction of sp³-hybridized carbons (Fsp3) is 0.316. The van der Waals surface area contributed by atoms with Crippen molar-refractivity contribution in [1.29, 1.82) is 0 Å². The summed E-state index contributed by atoms with van der Waals surface area (Å²) in [7, 11) is 0. The molecule has 3 rings (SSSR count). The van der Waals surface area contributed by atoms with Crippen molar-refractivity contribution < 1.29 is 9.18 Å². The third-order valence-corrected chi connectivity index (χ3v) is 5.17. The van der Waals surface area contributed by atoms with Crippen molar-refractivity contribution in [3.8, 4) is 0 Å². The highest BCUT2D eigenvalue weighted by molar-refractivity contribution is 6.36. The van der Waals surface area contributed by atoms with Crippen LogP contribution in [0.2, 0.25) is 10.0 Å². The van der Waals surface area contributed by atoms with Crippen molar-refractivity contribution in [2.24, 2.45) is 0 Å². The second-order valence-corrected chi connectivity index (χ2v) is 7.11. The van der Waals surface area contributed by atoms with E-state index in [4.69, 9.17) is 23.2 Å². The lowest BCUT2D eigenvalue weighted by molar-refractivity contribution is -0.120. The van der Waals surface area contributed by atoms with E-state index in [0.29, 0.717) is 47.6 Å². The Kier molecular flexibility index (Phi) is 6.01. The van der Waals surface area contributed by atoms with Gasteiger partial charge in [0, 0.05) is 31.2 Å². The maximum atomic E-state index is 13.9. The van der Waals surface area contributed by atoms with Crippen molar-refractivity contribution in [2.45, 2.75) is 13.0 Å². The van der Waals surface area contributed by atoms with Crippen LogP contribution < -0.4 is 10.2 Å². The van der Waals surface area contributed by atoms with Crippen LogP contribution >= 0.6 is 23.2 Å². The van der Waals surface area contributed by atoms with Gasteiger partial charge in [0.2, 0.25) is 5.91 Å². The lowest BCUT2D eigenvalue weighted by atomic mass is 10.2. The summed E-state index contributed by atoms with van der Waals surface area (Å²) in [6.45, 7) is 4.55. The van der Waals surface area contributed by atoms with Crippen LogP contribution in [0, 0.1) is 5.82 Å². The summed E-state index contributed by atoms with van der Waals surface area (Å²) >= 11 is 12.0. The van der Waals surface area contributed by atoms with Gasteiger partial charge in [-0.05, 0) is 37.3 Å². The number of nitrogens with zero attached hydrogens (tertiary/aromatic N) is 2. The summed E-state index contributed by atoms with van der Waals surface area (Å²) in [5.74, 6) is -0.349. The summed E-state index contributed by atoms with van der Waals surface area (Å²) in [5, 5.41) is 3.77. The quantitative estimate of drug-likeness (QED) is 0.838. The van der Waals surface area contributed by atoms with Crippen LogP contribution in [0.4, 0.5) is 15.8 Å². The number of halogens is 3. The summed E-state index contributed by atoms with van der Waals surface area (Å²) in [5.41, 5.74) is 1.15. The van der Waals surface area contributed by atoms with Gasteiger partial charge < -0.3 is 10.2 Å². The van der Waals surface area contributed by atoms with E-state index in [1.54, 1.807) is 30.3 Å². The van der Waals surface area contributed by atoms with Crippen molar-refractivity contribution in [3.05, 3.63) is 58.3 Å². The Hall–Kier alpha value is -1.82. The first kappa shape index (κ1) is 19.0. The summed E-state index contributed by atoms with van der Waals surface area (Å²) in [6, 6.07) is 11.4. The van der Waals surface area contributed by atoms with E-state index in [2.05, 4.69) is 10.2 Å². The van der Waals surface area contributed by atoms with Crippen LogP contribution in [-0.2, 0) is 4.79 Å². The van der Waals surface area contributed by atoms with Crippen molar-refractivity contribution in [2.75, 3.05) is 36.4 Å². The lowest BCUT2D eigenvalue weighted by Crippen LogP contribution is -2.53. The van der Waals surface area contributed by atoms with E-state index in [9.17, 15) is 9.18 Å². The van der Waals surface area contributed by atoms with Crippen molar-refractivity contribution in [1.82, 2.24) is 4.90 Å². The predicted octanol–water partition coefficient (Wildman–Crippen LogP) is 4.28. The molecule has 1 amide bonds. The van der Waals surface area contributed by atoms with E-state index in [1.165, 1.54) is 6.07 Å². The molecule has 2 aromatic rings. The molecular weight excluding hydrogens is 376 g/mol. The van der Waals surface area contributed by atoms with Gasteiger partial charge in [-0.25, -0.2) is 4.39 Å². The van der Waals surface area contributed by atoms with E-state index in [1.807, 2.05) is 17.9 Å². The molecule has 7 heteroatoms. The Morgan fingerprint density at radius 1 is 1.12 bits per heavy atom. The normalized spacial score (nSPS) is 16.4. The number of carbonyl (C=O) groups excluding carboxylic acids is 1. The second kappa shape index (κ2) is 8.25. The zero-order valence-corrected chi connectivity index (χ0v) is 15.9. The molecule has 0 saturated carbocycles. The maximum Gasteiger partial charge on any atom is 0.241 e. The van der Waals surface area contributed by atoms with E-state index >= 15 is 0 Å². The topological polar surface area (TPSA) is 35.6 Å². The standard InChI is InChI=1S/C19H20Cl2FN3O/c1-13(19(26)23-17-7-6-14(20)12-15(17)21)24-8-10-25(11-9-24)18-5-3-2-4-16(18)22/h2-7,12-13H,8-11H2,1H3,(H,23,26)/t13-/m1/s1. The van der Waals surface area contributed by atoms with E-state index < -0.39 is 0 Å². The summed E-state index contributed by atoms with van der Waals surface area (Å²) in [4.78, 5) is 16.6. The molecule has 0 aliphatic carbocycles. The highest BCUT2D eigenvalue weighted by Gasteiger charge is 2.26. The molecule has 1 aliphatic heterocycles. The third kappa shape index (κ3) is 4.29. The molecule has 1 aliphatic rings. The number of rotatable bonds is 4. The van der Waals surface area contributed by atoms with Gasteiger partial charge in [0.05, 0.1) is 22.4 Å². The molecule has 0 aromatic heterocycles. The van der Waals surface area contributed by atoms with Crippen molar-refractivity contribution >= 4 is 40.5 Å². The first-order chi connectivity index (χ1) is 12.5. The Labute approximate surface area is 162 Å². The van der Waals surface area contributed by atoms with Crippen LogP contribution in [0.1, 0.15) is 6.92 Å². The van der Waals surface area contributed by atoms with Gasteiger partial charge >= 0.3 is 0 Å². The average Bonchev–Trinajstić information content (AvgIpc) is 2.64. The number of nitrogens with one attached hydrogen (secondary N) is 1. The first-order valence-electron chi connectivity index (χ1n) is 8.45. The molecule has 1 heterocycles. The number of hydrogen-bond acceptors (Lipinski definition) is 3. The van der Waals surface area contributed by atoms with Crippen LogP contribution in [0.3, 0.4) is 0 Å². The molecule has 4 nitrogen and oxygen atoms in total. The molecule has 26 heavy (non-hydrogen) atoms. The number of amides is 1. The molecule has 138 valence electrons. The van der Waals surface area contributed by atoms with Gasteiger partial charge in [-0.2, -0.15) is 0 Å². The zero-order chi connectivity index (χ0) is 18.7. The van der Waals surface area contributed by atoms with Crippen LogP contribution in [-0.4, -0.2) is 43.0 Å². The van der Waals surface area contributed by atoms with Gasteiger partial charge in [-0.15, -0.1) is 0 Å². The molecule has 1 N–H and O–H groups in total. The SMILES string of the molecule is C[C@H](C(=O)Nc1ccc(Cl)cc1Cl)N1CCN(c2ccccc2F)CC1. The molecule has 0 spiro atoms. The number of para-hydroxylation sites is 1. The largest absolute Gasteiger partial charge is 0.367 e. The molecule has 1 atom stereocenters. The fourth-order valence-corrected chi connectivity index (χ4v) is 3.51. The molecule has 0 radical (unpaired) electrons. The van der Waals surface area contributed by atoms with Crippen LogP contribution in [0.5, 0.6) is 0 Å². The third-order valence-electron chi connectivity index (χ3n) is 4.62. The predicted molar refractivity (Wildman–Crippen MR) is 105 cm³/mol. The Balaban J connectivity index is 1.58. The van der Waals surface area contributed by atoms with E-state index in [-0.39, 0.29) is 17.8 Å². The number of benzene rings is 2. The maximum absolute atomic E-state index is 13.9. The molecule has 1 fully saturated rings.